The molecule has 0 spiro atoms. The molecule has 1 aliphatic rings. The van der Waals surface area contributed by atoms with Gasteiger partial charge < -0.3 is 21.7 Å². The van der Waals surface area contributed by atoms with Gasteiger partial charge in [-0.05, 0) is 6.92 Å². The van der Waals surface area contributed by atoms with Crippen molar-refractivity contribution in [3.8, 4) is 0 Å². The van der Waals surface area contributed by atoms with Crippen molar-refractivity contribution in [3.63, 3.8) is 0 Å². The predicted octanol–water partition coefficient (Wildman–Crippen LogP) is -0.614. The zero-order chi connectivity index (χ0) is 8.27. The van der Waals surface area contributed by atoms with Gasteiger partial charge in [0, 0.05) is 6.20 Å². The number of hydrogen-bond donors (Lipinski definition) is 4. The van der Waals surface area contributed by atoms with Gasteiger partial charge in [-0.25, -0.2) is 0 Å². The molecule has 1 saturated heterocycles. The third-order valence-electron chi connectivity index (χ3n) is 1.45. The van der Waals surface area contributed by atoms with E-state index in [2.05, 4.69) is 22.5 Å². The standard InChI is InChI=1S/C7H14N4/c1-5-7(3-9-4-8)11-6(2)10-5/h3,6,9-11H,1,4,8H2,2H3/b7-3+. The van der Waals surface area contributed by atoms with E-state index in [1.807, 2.05) is 13.1 Å². The van der Waals surface area contributed by atoms with Crippen LogP contribution in [0.1, 0.15) is 6.92 Å². The molecule has 0 saturated carbocycles. The SMILES string of the molecule is C=C1NC(C)N/C1=C/NCN. The Morgan fingerprint density at radius 3 is 2.91 bits per heavy atom. The zero-order valence-corrected chi connectivity index (χ0v) is 6.65. The third-order valence-corrected chi connectivity index (χ3v) is 1.45. The topological polar surface area (TPSA) is 62.1 Å². The van der Waals surface area contributed by atoms with Crippen LogP contribution in [0.2, 0.25) is 0 Å². The van der Waals surface area contributed by atoms with Crippen LogP contribution in [0.5, 0.6) is 0 Å². The second-order valence-corrected chi connectivity index (χ2v) is 2.46. The highest BCUT2D eigenvalue weighted by Gasteiger charge is 2.14. The van der Waals surface area contributed by atoms with Crippen molar-refractivity contribution < 1.29 is 0 Å². The van der Waals surface area contributed by atoms with Crippen molar-refractivity contribution in [1.82, 2.24) is 16.0 Å². The molecule has 4 heteroatoms. The van der Waals surface area contributed by atoms with E-state index in [0.29, 0.717) is 6.67 Å². The first-order chi connectivity index (χ1) is 5.24. The van der Waals surface area contributed by atoms with E-state index in [9.17, 15) is 0 Å². The number of nitrogens with one attached hydrogen (secondary N) is 3. The Hall–Kier alpha value is -1.16. The fraction of sp³-hybridized carbons (Fsp3) is 0.429. The summed E-state index contributed by atoms with van der Waals surface area (Å²) in [7, 11) is 0. The van der Waals surface area contributed by atoms with Gasteiger partial charge in [-0.3, -0.25) is 0 Å². The lowest BCUT2D eigenvalue weighted by molar-refractivity contribution is 0.628. The van der Waals surface area contributed by atoms with Crippen LogP contribution in [0.4, 0.5) is 0 Å². The van der Waals surface area contributed by atoms with Gasteiger partial charge in [0.15, 0.2) is 0 Å². The van der Waals surface area contributed by atoms with Crippen molar-refractivity contribution in [3.05, 3.63) is 24.2 Å². The maximum Gasteiger partial charge on any atom is 0.0936 e. The molecular weight excluding hydrogens is 140 g/mol. The largest absolute Gasteiger partial charge is 0.377 e. The summed E-state index contributed by atoms with van der Waals surface area (Å²) in [4.78, 5) is 0. The quantitative estimate of drug-likeness (QED) is 0.401. The Morgan fingerprint density at radius 1 is 1.73 bits per heavy atom. The lowest BCUT2D eigenvalue weighted by Gasteiger charge is -2.01. The number of hydrogen-bond acceptors (Lipinski definition) is 4. The van der Waals surface area contributed by atoms with Gasteiger partial charge >= 0.3 is 0 Å². The predicted molar refractivity (Wildman–Crippen MR) is 45.1 cm³/mol. The molecule has 0 amide bonds. The average Bonchev–Trinajstić information content (AvgIpc) is 2.26. The summed E-state index contributed by atoms with van der Waals surface area (Å²) in [5.41, 5.74) is 7.13. The molecule has 0 aromatic rings. The summed E-state index contributed by atoms with van der Waals surface area (Å²) in [5, 5.41) is 9.19. The normalized spacial score (nSPS) is 26.5. The van der Waals surface area contributed by atoms with Crippen LogP contribution in [-0.2, 0) is 0 Å². The van der Waals surface area contributed by atoms with Crippen LogP contribution < -0.4 is 21.7 Å². The lowest BCUT2D eigenvalue weighted by atomic mass is 10.4. The molecule has 1 aliphatic heterocycles. The molecular formula is C7H14N4. The van der Waals surface area contributed by atoms with Gasteiger partial charge in [0.2, 0.25) is 0 Å². The van der Waals surface area contributed by atoms with E-state index in [4.69, 9.17) is 5.73 Å². The van der Waals surface area contributed by atoms with Crippen molar-refractivity contribution in [1.29, 1.82) is 0 Å². The summed E-state index contributed by atoms with van der Waals surface area (Å²) in [5.74, 6) is 0. The van der Waals surface area contributed by atoms with Gasteiger partial charge in [-0.15, -0.1) is 0 Å². The molecule has 0 aromatic carbocycles. The van der Waals surface area contributed by atoms with Crippen LogP contribution in [0.3, 0.4) is 0 Å². The Bertz CT molecular complexity index is 185. The van der Waals surface area contributed by atoms with Gasteiger partial charge in [-0.2, -0.15) is 0 Å². The van der Waals surface area contributed by atoms with E-state index in [1.165, 1.54) is 0 Å². The molecule has 0 aliphatic carbocycles. The highest BCUT2D eigenvalue weighted by Crippen LogP contribution is 2.07. The molecule has 1 atom stereocenters. The zero-order valence-electron chi connectivity index (χ0n) is 6.65. The molecule has 1 unspecified atom stereocenters. The average molecular weight is 154 g/mol. The minimum atomic E-state index is 0.258. The first-order valence-electron chi connectivity index (χ1n) is 3.60. The minimum absolute atomic E-state index is 0.258. The van der Waals surface area contributed by atoms with Gasteiger partial charge in [-0.1, -0.05) is 6.58 Å². The molecule has 0 radical (unpaired) electrons. The van der Waals surface area contributed by atoms with Gasteiger partial charge in [0.1, 0.15) is 0 Å². The first-order valence-corrected chi connectivity index (χ1v) is 3.60. The van der Waals surface area contributed by atoms with Gasteiger partial charge in [0.05, 0.1) is 24.2 Å². The Labute approximate surface area is 66.5 Å². The monoisotopic (exact) mass is 154 g/mol. The maximum absolute atomic E-state index is 5.25. The fourth-order valence-corrected chi connectivity index (χ4v) is 0.985. The number of nitrogens with two attached hydrogens (primary N) is 1. The molecule has 62 valence electrons. The maximum atomic E-state index is 5.25. The van der Waals surface area contributed by atoms with Crippen molar-refractivity contribution in [2.75, 3.05) is 6.67 Å². The van der Waals surface area contributed by atoms with Gasteiger partial charge in [0.25, 0.3) is 0 Å². The highest BCUT2D eigenvalue weighted by molar-refractivity contribution is 5.29. The molecule has 0 aromatic heterocycles. The molecule has 11 heavy (non-hydrogen) atoms. The fourth-order valence-electron chi connectivity index (χ4n) is 0.985. The molecule has 5 N–H and O–H groups in total. The van der Waals surface area contributed by atoms with Crippen LogP contribution in [0.15, 0.2) is 24.2 Å². The summed E-state index contributed by atoms with van der Waals surface area (Å²) < 4.78 is 0. The minimum Gasteiger partial charge on any atom is -0.377 e. The molecule has 4 nitrogen and oxygen atoms in total. The smallest absolute Gasteiger partial charge is 0.0936 e. The summed E-state index contributed by atoms with van der Waals surface area (Å²) in [6, 6.07) is 0. The van der Waals surface area contributed by atoms with Crippen molar-refractivity contribution >= 4 is 0 Å². The van der Waals surface area contributed by atoms with Crippen LogP contribution in [0.25, 0.3) is 0 Å². The Kier molecular flexibility index (Phi) is 2.38. The highest BCUT2D eigenvalue weighted by atomic mass is 15.2. The van der Waals surface area contributed by atoms with Crippen molar-refractivity contribution in [2.45, 2.75) is 13.1 Å². The first kappa shape index (κ1) is 7.94. The summed E-state index contributed by atoms with van der Waals surface area (Å²) >= 11 is 0. The van der Waals surface area contributed by atoms with E-state index in [1.54, 1.807) is 0 Å². The molecule has 1 heterocycles. The second kappa shape index (κ2) is 3.30. The second-order valence-electron chi connectivity index (χ2n) is 2.46. The van der Waals surface area contributed by atoms with Crippen LogP contribution in [0, 0.1) is 0 Å². The Balaban J connectivity index is 2.52. The number of rotatable bonds is 2. The van der Waals surface area contributed by atoms with Crippen molar-refractivity contribution in [2.24, 2.45) is 5.73 Å². The Morgan fingerprint density at radius 2 is 2.45 bits per heavy atom. The lowest BCUT2D eigenvalue weighted by Crippen LogP contribution is -2.26. The van der Waals surface area contributed by atoms with E-state index >= 15 is 0 Å². The molecule has 1 rings (SSSR count). The van der Waals surface area contributed by atoms with E-state index in [-0.39, 0.29) is 6.17 Å². The van der Waals surface area contributed by atoms with Crippen LogP contribution in [-0.4, -0.2) is 12.8 Å². The third kappa shape index (κ3) is 1.88. The van der Waals surface area contributed by atoms with Crippen LogP contribution >= 0.6 is 0 Å². The molecule has 0 bridgehead atoms. The molecule has 1 fully saturated rings. The van der Waals surface area contributed by atoms with E-state index < -0.39 is 0 Å². The summed E-state index contributed by atoms with van der Waals surface area (Å²) in [6.45, 7) is 6.28. The summed E-state index contributed by atoms with van der Waals surface area (Å²) in [6.07, 6.45) is 2.08. The van der Waals surface area contributed by atoms with E-state index in [0.717, 1.165) is 11.4 Å².